The van der Waals surface area contributed by atoms with Crippen molar-refractivity contribution >= 4 is 52.6 Å². The van der Waals surface area contributed by atoms with E-state index in [1.165, 1.54) is 93.0 Å². The van der Waals surface area contributed by atoms with Gasteiger partial charge < -0.3 is 9.80 Å². The number of hydrogen-bond donors (Lipinski definition) is 0. The maximum absolute atomic E-state index is 2.48. The summed E-state index contributed by atoms with van der Waals surface area (Å²) in [6.45, 7) is 4.96. The lowest BCUT2D eigenvalue weighted by Crippen LogP contribution is -2.49. The van der Waals surface area contributed by atoms with Gasteiger partial charge in [0, 0.05) is 34.1 Å². The van der Waals surface area contributed by atoms with Crippen molar-refractivity contribution in [1.82, 2.24) is 0 Å². The molecule has 1 aliphatic heterocycles. The van der Waals surface area contributed by atoms with Crippen LogP contribution in [0.25, 0.3) is 11.1 Å². The lowest BCUT2D eigenvalue weighted by Gasteiger charge is -2.27. The number of hydrogen-bond acceptors (Lipinski definition) is 2. The third-order valence-electron chi connectivity index (χ3n) is 11.9. The molecule has 0 bridgehead atoms. The number of nitrogens with zero attached hydrogens (tertiary/aromatic N) is 2. The van der Waals surface area contributed by atoms with Gasteiger partial charge in [-0.2, -0.15) is 0 Å². The molecule has 1 fully saturated rings. The fraction of sp³-hybridized carbons (Fsp3) is 0.176. The van der Waals surface area contributed by atoms with Gasteiger partial charge in [-0.1, -0.05) is 135 Å². The van der Waals surface area contributed by atoms with E-state index in [0.717, 1.165) is 17.8 Å². The van der Waals surface area contributed by atoms with Gasteiger partial charge in [-0.3, -0.25) is 0 Å². The van der Waals surface area contributed by atoms with E-state index in [4.69, 9.17) is 0 Å². The van der Waals surface area contributed by atoms with Crippen LogP contribution in [0.3, 0.4) is 0 Å². The predicted molar refractivity (Wildman–Crippen MR) is 233 cm³/mol. The van der Waals surface area contributed by atoms with E-state index < -0.39 is 8.07 Å². The lowest BCUT2D eigenvalue weighted by atomic mass is 9.84. The molecule has 2 nitrogen and oxygen atoms in total. The standard InChI is InChI=1S/C51H48N2Si/c1-54(2)50-21-13-12-20-48(50)49-37-47(34-35-51(49)54)53(43-18-10-5-11-19-43)45-30-24-39(25-31-45)36-38-22-28-44(29-23-38)52(42-16-8-4-9-17-42)46-32-26-41(27-33-46)40-14-6-3-7-15-40/h4-5,8-13,16-35,37,40H,3,6-7,14-15,36H2,1-2H3. The Kier molecular flexibility index (Phi) is 9.26. The molecule has 0 aromatic heterocycles. The highest BCUT2D eigenvalue weighted by Gasteiger charge is 2.37. The topological polar surface area (TPSA) is 6.48 Å². The van der Waals surface area contributed by atoms with Crippen molar-refractivity contribution in [2.24, 2.45) is 0 Å². The molecule has 1 saturated carbocycles. The van der Waals surface area contributed by atoms with Crippen molar-refractivity contribution in [2.75, 3.05) is 9.80 Å². The molecule has 0 spiro atoms. The number of benzene rings is 7. The minimum atomic E-state index is -1.72. The van der Waals surface area contributed by atoms with Crippen LogP contribution in [0.15, 0.2) is 176 Å². The number of para-hydroxylation sites is 2. The van der Waals surface area contributed by atoms with Crippen molar-refractivity contribution in [2.45, 2.75) is 57.5 Å². The Morgan fingerprint density at radius 1 is 0.426 bits per heavy atom. The summed E-state index contributed by atoms with van der Waals surface area (Å²) in [6.07, 6.45) is 7.62. The largest absolute Gasteiger partial charge is 0.311 e. The average Bonchev–Trinajstić information content (AvgIpc) is 3.46. The highest BCUT2D eigenvalue weighted by Crippen LogP contribution is 2.40. The smallest absolute Gasteiger partial charge is 0.113 e. The summed E-state index contributed by atoms with van der Waals surface area (Å²) in [4.78, 5) is 4.77. The Morgan fingerprint density at radius 3 is 1.44 bits per heavy atom. The Hall–Kier alpha value is -5.64. The first kappa shape index (κ1) is 34.1. The Morgan fingerprint density at radius 2 is 0.870 bits per heavy atom. The summed E-state index contributed by atoms with van der Waals surface area (Å²) in [6, 6.07) is 65.3. The van der Waals surface area contributed by atoms with Crippen LogP contribution in [0.4, 0.5) is 34.1 Å². The zero-order valence-electron chi connectivity index (χ0n) is 31.5. The number of fused-ring (bicyclic) bond motifs is 3. The lowest BCUT2D eigenvalue weighted by molar-refractivity contribution is 0.443. The van der Waals surface area contributed by atoms with Crippen LogP contribution in [0.5, 0.6) is 0 Å². The molecular formula is C51H48N2Si. The number of rotatable bonds is 9. The van der Waals surface area contributed by atoms with Gasteiger partial charge in [-0.25, -0.2) is 0 Å². The molecule has 7 aromatic rings. The van der Waals surface area contributed by atoms with Gasteiger partial charge in [0.2, 0.25) is 0 Å². The summed E-state index contributed by atoms with van der Waals surface area (Å²) in [5.74, 6) is 0.707. The van der Waals surface area contributed by atoms with Gasteiger partial charge in [0.1, 0.15) is 8.07 Å². The molecule has 0 radical (unpaired) electrons. The van der Waals surface area contributed by atoms with Gasteiger partial charge in [0.15, 0.2) is 0 Å². The van der Waals surface area contributed by atoms with Crippen LogP contribution >= 0.6 is 0 Å². The van der Waals surface area contributed by atoms with Gasteiger partial charge >= 0.3 is 0 Å². The molecule has 3 heteroatoms. The molecule has 0 atom stereocenters. The van der Waals surface area contributed by atoms with E-state index in [2.05, 4.69) is 199 Å². The van der Waals surface area contributed by atoms with E-state index in [0.29, 0.717) is 5.92 Å². The molecule has 0 N–H and O–H groups in total. The van der Waals surface area contributed by atoms with Gasteiger partial charge in [0.25, 0.3) is 0 Å². The first-order valence-corrected chi connectivity index (χ1v) is 22.8. The van der Waals surface area contributed by atoms with Gasteiger partial charge in [0.05, 0.1) is 0 Å². The van der Waals surface area contributed by atoms with Crippen LogP contribution in [-0.2, 0) is 6.42 Å². The van der Waals surface area contributed by atoms with Crippen molar-refractivity contribution < 1.29 is 0 Å². The third-order valence-corrected chi connectivity index (χ3v) is 15.4. The summed E-state index contributed by atoms with van der Waals surface area (Å²) in [5.41, 5.74) is 13.9. The Labute approximate surface area is 322 Å². The second-order valence-corrected chi connectivity index (χ2v) is 20.0. The fourth-order valence-electron chi connectivity index (χ4n) is 8.99. The highest BCUT2D eigenvalue weighted by atomic mass is 28.3. The minimum absolute atomic E-state index is 0.707. The zero-order chi connectivity index (χ0) is 36.5. The molecule has 266 valence electrons. The van der Waals surface area contributed by atoms with E-state index in [1.54, 1.807) is 0 Å². The summed E-state index contributed by atoms with van der Waals surface area (Å²) < 4.78 is 0. The number of anilines is 6. The molecule has 0 saturated heterocycles. The van der Waals surface area contributed by atoms with E-state index in [9.17, 15) is 0 Å². The SMILES string of the molecule is C[Si]1(C)c2ccccc2-c2cc(N(c3ccccc3)c3ccc(Cc4ccc(N(c5ccccc5)c5ccc(C6CCCCC6)cc5)cc4)cc3)ccc21. The third kappa shape index (κ3) is 6.58. The van der Waals surface area contributed by atoms with Gasteiger partial charge in [-0.05, 0) is 136 Å². The highest BCUT2D eigenvalue weighted by molar-refractivity contribution is 7.03. The normalized spacial score (nSPS) is 14.6. The summed E-state index contributed by atoms with van der Waals surface area (Å²) in [7, 11) is -1.72. The average molecular weight is 717 g/mol. The molecular weight excluding hydrogens is 669 g/mol. The minimum Gasteiger partial charge on any atom is -0.311 e. The second kappa shape index (κ2) is 14.6. The second-order valence-electron chi connectivity index (χ2n) is 15.7. The van der Waals surface area contributed by atoms with Gasteiger partial charge in [-0.15, -0.1) is 0 Å². The Balaban J connectivity index is 0.972. The molecule has 9 rings (SSSR count). The van der Waals surface area contributed by atoms with Crippen molar-refractivity contribution in [3.63, 3.8) is 0 Å². The molecule has 2 aliphatic rings. The van der Waals surface area contributed by atoms with E-state index in [1.807, 2.05) is 0 Å². The molecule has 1 heterocycles. The molecule has 54 heavy (non-hydrogen) atoms. The van der Waals surface area contributed by atoms with Crippen LogP contribution in [0.1, 0.15) is 54.7 Å². The predicted octanol–water partition coefficient (Wildman–Crippen LogP) is 13.1. The Bertz CT molecular complexity index is 2340. The van der Waals surface area contributed by atoms with Crippen molar-refractivity contribution in [1.29, 1.82) is 0 Å². The van der Waals surface area contributed by atoms with Crippen LogP contribution in [0.2, 0.25) is 13.1 Å². The van der Waals surface area contributed by atoms with Crippen molar-refractivity contribution in [3.05, 3.63) is 193 Å². The van der Waals surface area contributed by atoms with Crippen LogP contribution in [0, 0.1) is 0 Å². The maximum atomic E-state index is 2.48. The first-order chi connectivity index (χ1) is 26.5. The summed E-state index contributed by atoms with van der Waals surface area (Å²) >= 11 is 0. The zero-order valence-corrected chi connectivity index (χ0v) is 32.5. The first-order valence-electron chi connectivity index (χ1n) is 19.8. The van der Waals surface area contributed by atoms with E-state index in [-0.39, 0.29) is 0 Å². The summed E-state index contributed by atoms with van der Waals surface area (Å²) in [5, 5.41) is 3.07. The maximum Gasteiger partial charge on any atom is 0.113 e. The molecule has 0 amide bonds. The van der Waals surface area contributed by atoms with E-state index >= 15 is 0 Å². The van der Waals surface area contributed by atoms with Crippen LogP contribution < -0.4 is 20.2 Å². The molecule has 1 aliphatic carbocycles. The van der Waals surface area contributed by atoms with Crippen molar-refractivity contribution in [3.8, 4) is 11.1 Å². The monoisotopic (exact) mass is 716 g/mol. The fourth-order valence-corrected chi connectivity index (χ4v) is 12.1. The molecule has 0 unspecified atom stereocenters. The quantitative estimate of drug-likeness (QED) is 0.137. The van der Waals surface area contributed by atoms with Crippen LogP contribution in [-0.4, -0.2) is 8.07 Å². The molecule has 7 aromatic carbocycles.